The summed E-state index contributed by atoms with van der Waals surface area (Å²) in [6, 6.07) is 8.15. The van der Waals surface area contributed by atoms with E-state index in [9.17, 15) is 39.9 Å². The molecule has 1 amide bonds. The van der Waals surface area contributed by atoms with Crippen LogP contribution < -0.4 is 10.5 Å². The summed E-state index contributed by atoms with van der Waals surface area (Å²) in [6.45, 7) is -0.406. The molecule has 174 valence electrons. The summed E-state index contributed by atoms with van der Waals surface area (Å²) in [5.41, 5.74) is 0.651. The van der Waals surface area contributed by atoms with E-state index < -0.39 is 64.5 Å². The van der Waals surface area contributed by atoms with Gasteiger partial charge in [0.1, 0.15) is 18.0 Å². The van der Waals surface area contributed by atoms with Crippen molar-refractivity contribution in [3.8, 4) is 16.9 Å². The monoisotopic (exact) mass is 475 g/mol. The van der Waals surface area contributed by atoms with Gasteiger partial charge in [-0.15, -0.1) is 0 Å². The molecule has 0 aliphatic heterocycles. The average molecular weight is 475 g/mol. The zero-order chi connectivity index (χ0) is 24.6. The largest absolute Gasteiger partial charge is 0.486 e. The molecule has 0 heterocycles. The van der Waals surface area contributed by atoms with E-state index in [2.05, 4.69) is 0 Å². The predicted octanol–water partition coefficient (Wildman–Crippen LogP) is 6.35. The Morgan fingerprint density at radius 3 is 2.18 bits per heavy atom. The Morgan fingerprint density at radius 2 is 1.58 bits per heavy atom. The predicted molar refractivity (Wildman–Crippen MR) is 101 cm³/mol. The Kier molecular flexibility index (Phi) is 6.35. The van der Waals surface area contributed by atoms with Crippen LogP contribution in [0.15, 0.2) is 54.6 Å². The highest BCUT2D eigenvalue weighted by Crippen LogP contribution is 2.41. The van der Waals surface area contributed by atoms with Crippen molar-refractivity contribution in [2.24, 2.45) is 5.73 Å². The molecule has 3 aromatic carbocycles. The average Bonchev–Trinajstić information content (AvgIpc) is 2.71. The third-order valence-electron chi connectivity index (χ3n) is 4.59. The molecule has 0 saturated carbocycles. The van der Waals surface area contributed by atoms with Gasteiger partial charge in [0, 0.05) is 0 Å². The summed E-state index contributed by atoms with van der Waals surface area (Å²) < 4.78 is 112. The fourth-order valence-corrected chi connectivity index (χ4v) is 3.07. The molecule has 0 aliphatic rings. The highest BCUT2D eigenvalue weighted by Gasteiger charge is 2.38. The minimum absolute atomic E-state index is 0.0256. The number of carbonyl (C=O) groups excluding carboxylic acids is 1. The highest BCUT2D eigenvalue weighted by molar-refractivity contribution is 5.93. The Bertz CT molecular complexity index is 1200. The van der Waals surface area contributed by atoms with Gasteiger partial charge in [0.15, 0.2) is 11.6 Å². The molecule has 2 N–H and O–H groups in total. The third-order valence-corrected chi connectivity index (χ3v) is 4.59. The first-order valence-corrected chi connectivity index (χ1v) is 9.07. The first-order valence-electron chi connectivity index (χ1n) is 9.07. The molecule has 0 bridgehead atoms. The third kappa shape index (κ3) is 5.24. The first kappa shape index (κ1) is 24.0. The van der Waals surface area contributed by atoms with Crippen molar-refractivity contribution in [3.05, 3.63) is 88.5 Å². The second-order valence-electron chi connectivity index (χ2n) is 6.84. The van der Waals surface area contributed by atoms with Crippen molar-refractivity contribution >= 4 is 5.91 Å². The molecule has 0 aromatic heterocycles. The van der Waals surface area contributed by atoms with Gasteiger partial charge in [-0.25, -0.2) is 8.78 Å². The number of nitrogens with two attached hydrogens (primary N) is 1. The quantitative estimate of drug-likeness (QED) is 0.438. The number of hydrogen-bond acceptors (Lipinski definition) is 2. The second kappa shape index (κ2) is 8.72. The number of benzene rings is 3. The van der Waals surface area contributed by atoms with Crippen LogP contribution in [-0.2, 0) is 19.0 Å². The van der Waals surface area contributed by atoms with Gasteiger partial charge < -0.3 is 10.5 Å². The normalized spacial score (nSPS) is 12.0. The molecule has 3 rings (SSSR count). The number of rotatable bonds is 5. The number of halogens is 8. The van der Waals surface area contributed by atoms with E-state index in [-0.39, 0.29) is 17.2 Å². The van der Waals surface area contributed by atoms with Crippen molar-refractivity contribution in [2.75, 3.05) is 0 Å². The lowest BCUT2D eigenvalue weighted by molar-refractivity contribution is -0.142. The Morgan fingerprint density at radius 1 is 0.879 bits per heavy atom. The van der Waals surface area contributed by atoms with E-state index in [0.29, 0.717) is 12.1 Å². The van der Waals surface area contributed by atoms with Gasteiger partial charge in [-0.3, -0.25) is 4.79 Å². The minimum Gasteiger partial charge on any atom is -0.486 e. The fourth-order valence-electron chi connectivity index (χ4n) is 3.07. The molecule has 0 saturated heterocycles. The summed E-state index contributed by atoms with van der Waals surface area (Å²) >= 11 is 0. The maximum absolute atomic E-state index is 14.3. The Hall–Kier alpha value is -3.63. The number of primary amides is 1. The van der Waals surface area contributed by atoms with Gasteiger partial charge >= 0.3 is 12.4 Å². The van der Waals surface area contributed by atoms with Crippen molar-refractivity contribution < 1.29 is 44.7 Å². The van der Waals surface area contributed by atoms with Gasteiger partial charge in [-0.2, -0.15) is 26.3 Å². The molecule has 3 nitrogen and oxygen atoms in total. The van der Waals surface area contributed by atoms with E-state index in [1.807, 2.05) is 0 Å². The number of carbonyl (C=O) groups is 1. The van der Waals surface area contributed by atoms with Crippen LogP contribution in [0.5, 0.6) is 5.75 Å². The lowest BCUT2D eigenvalue weighted by Gasteiger charge is -2.17. The summed E-state index contributed by atoms with van der Waals surface area (Å²) in [4.78, 5) is 11.2. The van der Waals surface area contributed by atoms with Crippen molar-refractivity contribution in [3.63, 3.8) is 0 Å². The van der Waals surface area contributed by atoms with Crippen LogP contribution in [0.25, 0.3) is 11.1 Å². The number of hydrogen-bond donors (Lipinski definition) is 1. The van der Waals surface area contributed by atoms with Crippen LogP contribution >= 0.6 is 0 Å². The SMILES string of the molecule is NC(=O)c1c(F)ccc(OCc2cccc(-c3ccc(C(F)(F)F)cc3C(F)(F)F)c2)c1F. The summed E-state index contributed by atoms with van der Waals surface area (Å²) in [5.74, 6) is -4.43. The molecule has 0 radical (unpaired) electrons. The summed E-state index contributed by atoms with van der Waals surface area (Å²) in [6.07, 6.45) is -10.0. The molecule has 0 atom stereocenters. The van der Waals surface area contributed by atoms with Crippen molar-refractivity contribution in [1.29, 1.82) is 0 Å². The zero-order valence-corrected chi connectivity index (χ0v) is 16.3. The highest BCUT2D eigenvalue weighted by atomic mass is 19.4. The van der Waals surface area contributed by atoms with E-state index in [1.54, 1.807) is 0 Å². The van der Waals surface area contributed by atoms with Gasteiger partial charge in [0.25, 0.3) is 5.91 Å². The number of amides is 1. The number of alkyl halides is 6. The Balaban J connectivity index is 1.94. The molecular formula is C22H13F8NO2. The van der Waals surface area contributed by atoms with E-state index in [0.717, 1.165) is 12.1 Å². The Labute approximate surface area is 181 Å². The van der Waals surface area contributed by atoms with Crippen molar-refractivity contribution in [1.82, 2.24) is 0 Å². The zero-order valence-electron chi connectivity index (χ0n) is 16.3. The van der Waals surface area contributed by atoms with Crippen LogP contribution in [0.2, 0.25) is 0 Å². The van der Waals surface area contributed by atoms with Crippen LogP contribution in [0, 0.1) is 11.6 Å². The smallest absolute Gasteiger partial charge is 0.417 e. The minimum atomic E-state index is -5.06. The lowest BCUT2D eigenvalue weighted by atomic mass is 9.95. The van der Waals surface area contributed by atoms with Crippen LogP contribution in [0.1, 0.15) is 27.0 Å². The van der Waals surface area contributed by atoms with Gasteiger partial charge in [-0.1, -0.05) is 24.3 Å². The summed E-state index contributed by atoms with van der Waals surface area (Å²) in [5, 5.41) is 0. The topological polar surface area (TPSA) is 52.3 Å². The molecule has 0 aliphatic carbocycles. The molecule has 0 fully saturated rings. The molecule has 3 aromatic rings. The summed E-state index contributed by atoms with van der Waals surface area (Å²) in [7, 11) is 0. The van der Waals surface area contributed by atoms with Gasteiger partial charge in [0.2, 0.25) is 0 Å². The molecule has 0 spiro atoms. The fraction of sp³-hybridized carbons (Fsp3) is 0.136. The molecule has 33 heavy (non-hydrogen) atoms. The van der Waals surface area contributed by atoms with Crippen LogP contribution in [-0.4, -0.2) is 5.91 Å². The van der Waals surface area contributed by atoms with Gasteiger partial charge in [0.05, 0.1) is 11.1 Å². The second-order valence-corrected chi connectivity index (χ2v) is 6.84. The van der Waals surface area contributed by atoms with E-state index in [4.69, 9.17) is 10.5 Å². The lowest BCUT2D eigenvalue weighted by Crippen LogP contribution is -2.16. The number of ether oxygens (including phenoxy) is 1. The van der Waals surface area contributed by atoms with E-state index >= 15 is 0 Å². The first-order chi connectivity index (χ1) is 15.3. The van der Waals surface area contributed by atoms with Crippen LogP contribution in [0.4, 0.5) is 35.1 Å². The maximum Gasteiger partial charge on any atom is 0.417 e. The van der Waals surface area contributed by atoms with Crippen molar-refractivity contribution in [2.45, 2.75) is 19.0 Å². The standard InChI is InChI=1S/C22H13F8NO2/c23-16-6-7-17(19(24)18(16)20(31)32)33-10-11-2-1-3-12(8-11)14-5-4-13(21(25,26)27)9-15(14)22(28,29)30/h1-9H,10H2,(H2,31,32). The van der Waals surface area contributed by atoms with E-state index in [1.165, 1.54) is 24.3 Å². The maximum atomic E-state index is 14.3. The van der Waals surface area contributed by atoms with Crippen LogP contribution in [0.3, 0.4) is 0 Å². The molecule has 0 unspecified atom stereocenters. The molecule has 11 heteroatoms. The molecular weight excluding hydrogens is 462 g/mol. The van der Waals surface area contributed by atoms with Gasteiger partial charge in [-0.05, 0) is 47.0 Å².